The van der Waals surface area contributed by atoms with Crippen molar-refractivity contribution in [3.05, 3.63) is 75.7 Å². The average Bonchev–Trinajstić information content (AvgIpc) is 3.11. The van der Waals surface area contributed by atoms with Crippen LogP contribution in [0.2, 0.25) is 0 Å². The molecule has 1 aromatic heterocycles. The highest BCUT2D eigenvalue weighted by molar-refractivity contribution is 7.14. The molecular weight excluding hydrogens is 400 g/mol. The highest BCUT2D eigenvalue weighted by Gasteiger charge is 2.14. The van der Waals surface area contributed by atoms with Gasteiger partial charge in [0.15, 0.2) is 5.01 Å². The first-order valence-electron chi connectivity index (χ1n) is 9.25. The lowest BCUT2D eigenvalue weighted by molar-refractivity contribution is -0.131. The Kier molecular flexibility index (Phi) is 7.19. The largest absolute Gasteiger partial charge is 0.492 e. The number of para-hydroxylation sites is 1. The van der Waals surface area contributed by atoms with Gasteiger partial charge in [0.25, 0.3) is 5.91 Å². The van der Waals surface area contributed by atoms with Crippen LogP contribution in [0.3, 0.4) is 0 Å². The summed E-state index contributed by atoms with van der Waals surface area (Å²) in [5.74, 6) is 6.63. The van der Waals surface area contributed by atoms with Crippen molar-refractivity contribution in [3.8, 4) is 23.3 Å². The van der Waals surface area contributed by atoms with E-state index < -0.39 is 0 Å². The number of ether oxygens (including phenoxy) is 2. The molecule has 0 aliphatic carbocycles. The average molecular weight is 420 g/mol. The first-order chi connectivity index (χ1) is 14.5. The molecule has 0 radical (unpaired) electrons. The van der Waals surface area contributed by atoms with Crippen LogP contribution in [-0.2, 0) is 4.79 Å². The van der Waals surface area contributed by atoms with Crippen molar-refractivity contribution in [2.45, 2.75) is 13.8 Å². The third-order valence-electron chi connectivity index (χ3n) is 3.83. The Morgan fingerprint density at radius 1 is 1.03 bits per heavy atom. The third-order valence-corrected chi connectivity index (χ3v) is 4.90. The zero-order valence-corrected chi connectivity index (χ0v) is 17.4. The molecule has 6 nitrogen and oxygen atoms in total. The van der Waals surface area contributed by atoms with Gasteiger partial charge in [-0.25, -0.2) is 4.98 Å². The molecule has 0 saturated carbocycles. The van der Waals surface area contributed by atoms with E-state index in [1.165, 1.54) is 18.3 Å². The lowest BCUT2D eigenvalue weighted by atomic mass is 10.2. The quantitative estimate of drug-likeness (QED) is 0.285. The summed E-state index contributed by atoms with van der Waals surface area (Å²) in [6, 6.07) is 16.3. The molecule has 1 heterocycles. The number of rotatable bonds is 6. The van der Waals surface area contributed by atoms with Crippen LogP contribution in [-0.4, -0.2) is 30.0 Å². The maximum Gasteiger partial charge on any atom is 0.308 e. The topological polar surface area (TPSA) is 77.5 Å². The second kappa shape index (κ2) is 10.2. The van der Waals surface area contributed by atoms with Crippen molar-refractivity contribution in [2.75, 3.05) is 13.2 Å². The number of nitrogens with zero attached hydrogens (tertiary/aromatic N) is 1. The van der Waals surface area contributed by atoms with Crippen LogP contribution in [0.1, 0.15) is 32.9 Å². The van der Waals surface area contributed by atoms with Crippen molar-refractivity contribution < 1.29 is 19.1 Å². The van der Waals surface area contributed by atoms with Crippen molar-refractivity contribution in [1.29, 1.82) is 0 Å². The van der Waals surface area contributed by atoms with E-state index in [9.17, 15) is 9.59 Å². The van der Waals surface area contributed by atoms with E-state index in [0.29, 0.717) is 34.5 Å². The molecule has 0 aliphatic rings. The molecule has 3 aromatic rings. The Balaban J connectivity index is 1.55. The summed E-state index contributed by atoms with van der Waals surface area (Å²) < 4.78 is 10.6. The Morgan fingerprint density at radius 2 is 1.77 bits per heavy atom. The van der Waals surface area contributed by atoms with Gasteiger partial charge in [-0.3, -0.25) is 9.59 Å². The highest BCUT2D eigenvalue weighted by Crippen LogP contribution is 2.18. The zero-order chi connectivity index (χ0) is 21.3. The Morgan fingerprint density at radius 3 is 2.47 bits per heavy atom. The van der Waals surface area contributed by atoms with Crippen LogP contribution < -0.4 is 14.8 Å². The van der Waals surface area contributed by atoms with Gasteiger partial charge in [0.1, 0.15) is 23.0 Å². The van der Waals surface area contributed by atoms with E-state index >= 15 is 0 Å². The summed E-state index contributed by atoms with van der Waals surface area (Å²) >= 11 is 1.25. The van der Waals surface area contributed by atoms with Gasteiger partial charge in [0.2, 0.25) is 0 Å². The number of thiazole rings is 1. The monoisotopic (exact) mass is 420 g/mol. The summed E-state index contributed by atoms with van der Waals surface area (Å²) in [5.41, 5.74) is 1.39. The molecule has 0 unspecified atom stereocenters. The fourth-order valence-electron chi connectivity index (χ4n) is 2.49. The first kappa shape index (κ1) is 21.1. The van der Waals surface area contributed by atoms with E-state index in [1.807, 2.05) is 30.3 Å². The molecule has 30 heavy (non-hydrogen) atoms. The Hall–Kier alpha value is -3.63. The minimum Gasteiger partial charge on any atom is -0.492 e. The number of benzene rings is 2. The maximum absolute atomic E-state index is 12.4. The number of carbonyl (C=O) groups excluding carboxylic acids is 2. The molecule has 0 fully saturated rings. The Bertz CT molecular complexity index is 1080. The van der Waals surface area contributed by atoms with Gasteiger partial charge in [0.05, 0.1) is 12.2 Å². The number of hydrogen-bond donors (Lipinski definition) is 1. The smallest absolute Gasteiger partial charge is 0.308 e. The van der Waals surface area contributed by atoms with Crippen LogP contribution in [0.5, 0.6) is 11.5 Å². The number of amides is 1. The normalized spacial score (nSPS) is 9.93. The summed E-state index contributed by atoms with van der Waals surface area (Å²) in [4.78, 5) is 28.2. The summed E-state index contributed by atoms with van der Waals surface area (Å²) in [6.07, 6.45) is 0. The molecule has 0 saturated heterocycles. The van der Waals surface area contributed by atoms with E-state index in [4.69, 9.17) is 9.47 Å². The molecular formula is C23H20N2O4S. The molecule has 1 N–H and O–H groups in total. The SMILES string of the molecule is CC(=O)Oc1ccc(C#Cc2nc(C)c(C(=O)NCCOc3ccccc3)s2)cc1. The Labute approximate surface area is 178 Å². The predicted molar refractivity (Wildman–Crippen MR) is 115 cm³/mol. The standard InChI is InChI=1S/C23H20N2O4S/c1-16-22(23(27)24-14-15-28-19-6-4-3-5-7-19)30-21(25-16)13-10-18-8-11-20(12-9-18)29-17(2)26/h3-9,11-12H,14-15H2,1-2H3,(H,24,27). The molecule has 2 aromatic carbocycles. The maximum atomic E-state index is 12.4. The van der Waals surface area contributed by atoms with Gasteiger partial charge in [-0.05, 0) is 49.2 Å². The van der Waals surface area contributed by atoms with Crippen LogP contribution >= 0.6 is 11.3 Å². The summed E-state index contributed by atoms with van der Waals surface area (Å²) in [7, 11) is 0. The summed E-state index contributed by atoms with van der Waals surface area (Å²) in [6.45, 7) is 3.90. The van der Waals surface area contributed by atoms with E-state index in [2.05, 4.69) is 22.1 Å². The molecule has 0 aliphatic heterocycles. The lowest BCUT2D eigenvalue weighted by Gasteiger charge is -2.06. The van der Waals surface area contributed by atoms with Crippen LogP contribution in [0.15, 0.2) is 54.6 Å². The number of carbonyl (C=O) groups is 2. The molecule has 0 atom stereocenters. The molecule has 7 heteroatoms. The molecule has 0 bridgehead atoms. The van der Waals surface area contributed by atoms with Crippen LogP contribution in [0.4, 0.5) is 0 Å². The van der Waals surface area contributed by atoms with Crippen molar-refractivity contribution in [2.24, 2.45) is 0 Å². The van der Waals surface area contributed by atoms with E-state index in [0.717, 1.165) is 11.3 Å². The van der Waals surface area contributed by atoms with Crippen molar-refractivity contribution in [3.63, 3.8) is 0 Å². The second-order valence-corrected chi connectivity index (χ2v) is 7.22. The third kappa shape index (κ3) is 6.19. The number of nitrogens with one attached hydrogen (secondary N) is 1. The molecule has 1 amide bonds. The molecule has 152 valence electrons. The summed E-state index contributed by atoms with van der Waals surface area (Å²) in [5, 5.41) is 3.39. The van der Waals surface area contributed by atoms with E-state index in [-0.39, 0.29) is 11.9 Å². The molecule has 0 spiro atoms. The van der Waals surface area contributed by atoms with Gasteiger partial charge in [-0.1, -0.05) is 24.1 Å². The van der Waals surface area contributed by atoms with Gasteiger partial charge in [-0.15, -0.1) is 11.3 Å². The van der Waals surface area contributed by atoms with Crippen molar-refractivity contribution in [1.82, 2.24) is 10.3 Å². The minimum atomic E-state index is -0.371. The van der Waals surface area contributed by atoms with Gasteiger partial charge >= 0.3 is 5.97 Å². The minimum absolute atomic E-state index is 0.194. The predicted octanol–water partition coefficient (Wildman–Crippen LogP) is 3.59. The second-order valence-electron chi connectivity index (χ2n) is 6.22. The number of aromatic nitrogens is 1. The van der Waals surface area contributed by atoms with E-state index in [1.54, 1.807) is 31.2 Å². The fourth-order valence-corrected chi connectivity index (χ4v) is 3.33. The van der Waals surface area contributed by atoms with Crippen molar-refractivity contribution >= 4 is 23.2 Å². The fraction of sp³-hybridized carbons (Fsp3) is 0.174. The van der Waals surface area contributed by atoms with Gasteiger partial charge < -0.3 is 14.8 Å². The van der Waals surface area contributed by atoms with Gasteiger partial charge in [0, 0.05) is 12.5 Å². The number of hydrogen-bond acceptors (Lipinski definition) is 6. The van der Waals surface area contributed by atoms with Crippen LogP contribution in [0.25, 0.3) is 0 Å². The highest BCUT2D eigenvalue weighted by atomic mass is 32.1. The number of aryl methyl sites for hydroxylation is 1. The molecule has 3 rings (SSSR count). The lowest BCUT2D eigenvalue weighted by Crippen LogP contribution is -2.27. The van der Waals surface area contributed by atoms with Crippen LogP contribution in [0, 0.1) is 18.8 Å². The van der Waals surface area contributed by atoms with Gasteiger partial charge in [-0.2, -0.15) is 0 Å². The number of esters is 1. The first-order valence-corrected chi connectivity index (χ1v) is 10.1. The zero-order valence-electron chi connectivity index (χ0n) is 16.6.